The lowest BCUT2D eigenvalue weighted by atomic mass is 10.1. The zero-order valence-corrected chi connectivity index (χ0v) is 23.9. The largest absolute Gasteiger partial charge is 0.510 e. The molecule has 0 radical (unpaired) electrons. The van der Waals surface area contributed by atoms with E-state index in [2.05, 4.69) is 34.5 Å². The predicted octanol–water partition coefficient (Wildman–Crippen LogP) is 1.91. The average Bonchev–Trinajstić information content (AvgIpc) is 3.65. The molecule has 0 bridgehead atoms. The summed E-state index contributed by atoms with van der Waals surface area (Å²) < 4.78 is 49.1. The molecule has 1 saturated carbocycles. The number of nitrogens with zero attached hydrogens (tertiary/aromatic N) is 4. The van der Waals surface area contributed by atoms with Gasteiger partial charge in [0.25, 0.3) is 0 Å². The highest BCUT2D eigenvalue weighted by molar-refractivity contribution is 7.53. The lowest BCUT2D eigenvalue weighted by molar-refractivity contribution is -0.148. The van der Waals surface area contributed by atoms with Crippen molar-refractivity contribution >= 4 is 48.3 Å². The molecule has 4 rings (SSSR count). The minimum Gasteiger partial charge on any atom is -0.438 e. The number of imidazole rings is 1. The van der Waals surface area contributed by atoms with Gasteiger partial charge in [-0.25, -0.2) is 9.78 Å². The normalized spacial score (nSPS) is 24.3. The highest BCUT2D eigenvalue weighted by Crippen LogP contribution is 2.48. The molecule has 2 aromatic rings. The molecule has 0 amide bonds. The van der Waals surface area contributed by atoms with E-state index in [1.807, 2.05) is 0 Å². The van der Waals surface area contributed by atoms with Gasteiger partial charge in [-0.15, -0.1) is 0 Å². The number of carbonyl (C=O) groups excluding carboxylic acids is 2. The van der Waals surface area contributed by atoms with Crippen LogP contribution in [0.4, 0.5) is 10.6 Å². The van der Waals surface area contributed by atoms with Gasteiger partial charge in [0.1, 0.15) is 24.7 Å². The monoisotopic (exact) mass is 623 g/mol. The van der Waals surface area contributed by atoms with Gasteiger partial charge in [0.05, 0.1) is 20.0 Å². The number of carbonyl (C=O) groups is 2. The van der Waals surface area contributed by atoms with Gasteiger partial charge in [-0.3, -0.25) is 23.0 Å². The molecular formula is C22H31ClN5O12P. The summed E-state index contributed by atoms with van der Waals surface area (Å²) in [4.78, 5) is 35.0. The molecule has 228 valence electrons. The third kappa shape index (κ3) is 8.02. The lowest BCUT2D eigenvalue weighted by Crippen LogP contribution is -2.34. The van der Waals surface area contributed by atoms with Gasteiger partial charge in [-0.2, -0.15) is 9.97 Å². The second kappa shape index (κ2) is 14.0. The Labute approximate surface area is 238 Å². The molecule has 1 unspecified atom stereocenters. The van der Waals surface area contributed by atoms with Crippen LogP contribution in [0.15, 0.2) is 6.33 Å². The number of halogens is 1. The highest BCUT2D eigenvalue weighted by Gasteiger charge is 2.45. The molecule has 2 fully saturated rings. The maximum absolute atomic E-state index is 13.0. The Morgan fingerprint density at radius 2 is 1.88 bits per heavy atom. The molecule has 0 spiro atoms. The summed E-state index contributed by atoms with van der Waals surface area (Å²) in [6.45, 7) is -0.795. The summed E-state index contributed by atoms with van der Waals surface area (Å²) in [5.74, 6) is -0.245. The number of aromatic nitrogens is 4. The Hall–Kier alpha value is -2.63. The fraction of sp³-hybridized carbons (Fsp3) is 0.682. The van der Waals surface area contributed by atoms with Crippen molar-refractivity contribution < 1.29 is 57.1 Å². The van der Waals surface area contributed by atoms with Crippen molar-refractivity contribution in [2.24, 2.45) is 0 Å². The van der Waals surface area contributed by atoms with Crippen LogP contribution in [0.1, 0.15) is 38.8 Å². The summed E-state index contributed by atoms with van der Waals surface area (Å²) in [6.07, 6.45) is -1.25. The number of fused-ring (bicyclic) bond motifs is 1. The van der Waals surface area contributed by atoms with Crippen LogP contribution >= 0.6 is 19.2 Å². The van der Waals surface area contributed by atoms with E-state index >= 15 is 0 Å². The van der Waals surface area contributed by atoms with E-state index in [1.165, 1.54) is 10.9 Å². The maximum Gasteiger partial charge on any atom is 0.510 e. The van der Waals surface area contributed by atoms with E-state index in [9.17, 15) is 24.4 Å². The molecule has 5 atom stereocenters. The van der Waals surface area contributed by atoms with Gasteiger partial charge in [0.15, 0.2) is 23.2 Å². The van der Waals surface area contributed by atoms with Crippen molar-refractivity contribution in [3.8, 4) is 0 Å². The van der Waals surface area contributed by atoms with E-state index in [0.29, 0.717) is 11.3 Å². The van der Waals surface area contributed by atoms with Crippen LogP contribution in [0.3, 0.4) is 0 Å². The number of rotatable bonds is 13. The molecule has 1 aliphatic carbocycles. The van der Waals surface area contributed by atoms with Crippen LogP contribution in [0, 0.1) is 0 Å². The number of methoxy groups -OCH3 is 1. The molecule has 41 heavy (non-hydrogen) atoms. The Kier molecular flexibility index (Phi) is 10.7. The van der Waals surface area contributed by atoms with Crippen LogP contribution in [0.5, 0.6) is 0 Å². The van der Waals surface area contributed by atoms with Gasteiger partial charge >= 0.3 is 19.7 Å². The number of anilines is 1. The van der Waals surface area contributed by atoms with E-state index in [1.54, 1.807) is 0 Å². The first-order chi connectivity index (χ1) is 19.6. The number of esters is 1. The van der Waals surface area contributed by atoms with Crippen molar-refractivity contribution in [2.45, 2.75) is 63.2 Å². The second-order valence-electron chi connectivity index (χ2n) is 9.18. The van der Waals surface area contributed by atoms with Crippen molar-refractivity contribution in [2.75, 3.05) is 39.0 Å². The topological polar surface area (TPSA) is 212 Å². The molecule has 19 heteroatoms. The quantitative estimate of drug-likeness (QED) is 0.126. The standard InChI is InChI=1S/C22H31ClN5O12P/c1-12(29)36-9-38-41(33,39-10-37-22(32)34-2)11-35-7-14-16(30)17(31)20(40-14)28-8-24-15-18(25-13-5-3-4-6-13)26-21(23)27-19(15)28/h8,13-14,16-17,20,30-31H,3-7,9-11H2,1-2H3,(H,25,26,27)/t14-,16-,17-,20-,41?/m1/s1. The molecule has 3 N–H and O–H groups in total. The zero-order valence-electron chi connectivity index (χ0n) is 22.2. The molecule has 2 aromatic heterocycles. The summed E-state index contributed by atoms with van der Waals surface area (Å²) >= 11 is 6.18. The number of ether oxygens (including phenoxy) is 5. The lowest BCUT2D eigenvalue weighted by Gasteiger charge is -2.20. The maximum atomic E-state index is 13.0. The average molecular weight is 624 g/mol. The first-order valence-electron chi connectivity index (χ1n) is 12.6. The first kappa shape index (κ1) is 31.3. The van der Waals surface area contributed by atoms with E-state index in [4.69, 9.17) is 30.1 Å². The number of nitrogens with one attached hydrogen (secondary N) is 1. The fourth-order valence-corrected chi connectivity index (χ4v) is 5.48. The van der Waals surface area contributed by atoms with Crippen molar-refractivity contribution in [3.05, 3.63) is 11.6 Å². The molecule has 1 saturated heterocycles. The Bertz CT molecular complexity index is 1260. The zero-order chi connectivity index (χ0) is 29.6. The summed E-state index contributed by atoms with van der Waals surface area (Å²) in [5, 5.41) is 24.7. The fourth-order valence-electron chi connectivity index (χ4n) is 4.33. The number of aliphatic hydroxyl groups excluding tert-OH is 2. The van der Waals surface area contributed by atoms with E-state index in [0.717, 1.165) is 39.7 Å². The van der Waals surface area contributed by atoms with Crippen LogP contribution < -0.4 is 5.32 Å². The minimum absolute atomic E-state index is 0.0339. The van der Waals surface area contributed by atoms with Crippen molar-refractivity contribution in [1.29, 1.82) is 0 Å². The van der Waals surface area contributed by atoms with E-state index < -0.39 is 64.2 Å². The van der Waals surface area contributed by atoms with Crippen LogP contribution in [0.25, 0.3) is 11.2 Å². The van der Waals surface area contributed by atoms with Gasteiger partial charge in [0.2, 0.25) is 18.9 Å². The minimum atomic E-state index is -4.14. The second-order valence-corrected chi connectivity index (χ2v) is 11.5. The smallest absolute Gasteiger partial charge is 0.438 e. The predicted molar refractivity (Wildman–Crippen MR) is 138 cm³/mol. The van der Waals surface area contributed by atoms with Gasteiger partial charge in [-0.05, 0) is 24.4 Å². The van der Waals surface area contributed by atoms with Crippen LogP contribution in [-0.4, -0.2) is 99.9 Å². The molecule has 17 nitrogen and oxygen atoms in total. The van der Waals surface area contributed by atoms with Gasteiger partial charge < -0.3 is 39.2 Å². The summed E-state index contributed by atoms with van der Waals surface area (Å²) in [5.41, 5.74) is 0.703. The van der Waals surface area contributed by atoms with Crippen LogP contribution in [0.2, 0.25) is 5.28 Å². The third-order valence-electron chi connectivity index (χ3n) is 6.34. The first-order valence-corrected chi connectivity index (χ1v) is 14.7. The molecule has 3 heterocycles. The number of aliphatic hydroxyl groups is 2. The Morgan fingerprint density at radius 1 is 1.17 bits per heavy atom. The summed E-state index contributed by atoms with van der Waals surface area (Å²) in [6, 6.07) is 0.232. The number of hydrogen-bond donors (Lipinski definition) is 3. The van der Waals surface area contributed by atoms with E-state index in [-0.39, 0.29) is 23.6 Å². The third-order valence-corrected chi connectivity index (χ3v) is 8.00. The molecular weight excluding hydrogens is 593 g/mol. The molecule has 2 aliphatic rings. The Balaban J connectivity index is 1.40. The Morgan fingerprint density at radius 3 is 2.56 bits per heavy atom. The van der Waals surface area contributed by atoms with Crippen molar-refractivity contribution in [3.63, 3.8) is 0 Å². The summed E-state index contributed by atoms with van der Waals surface area (Å²) in [7, 11) is -3.07. The van der Waals surface area contributed by atoms with Gasteiger partial charge in [-0.1, -0.05) is 12.8 Å². The molecule has 1 aliphatic heterocycles. The van der Waals surface area contributed by atoms with Crippen LogP contribution in [-0.2, 0) is 42.1 Å². The number of hydrogen-bond acceptors (Lipinski definition) is 16. The molecule has 0 aromatic carbocycles. The van der Waals surface area contributed by atoms with Crippen molar-refractivity contribution in [1.82, 2.24) is 19.5 Å². The van der Waals surface area contributed by atoms with Gasteiger partial charge in [0, 0.05) is 13.0 Å². The SMILES string of the molecule is COC(=O)OCOP(=O)(COC[C@H]1O[C@@H](n2cnc3c(NC4CCCC4)nc(Cl)nc32)[C@H](O)[C@@H]1O)OCOC(C)=O. The highest BCUT2D eigenvalue weighted by atomic mass is 35.5.